The summed E-state index contributed by atoms with van der Waals surface area (Å²) >= 11 is 0. The first-order valence-corrected chi connectivity index (χ1v) is 8.92. The van der Waals surface area contributed by atoms with Crippen molar-refractivity contribution in [3.63, 3.8) is 0 Å². The molecular formula is C19H28N4O. The number of nitrogens with zero attached hydrogens (tertiary/aromatic N) is 3. The average molecular weight is 328 g/mol. The molecule has 130 valence electrons. The Morgan fingerprint density at radius 1 is 1.12 bits per heavy atom. The molecule has 1 aliphatic rings. The largest absolute Gasteiger partial charge is 0.395 e. The van der Waals surface area contributed by atoms with Crippen molar-refractivity contribution in [3.8, 4) is 0 Å². The van der Waals surface area contributed by atoms with E-state index in [1.807, 2.05) is 16.9 Å². The molecule has 2 N–H and O–H groups in total. The second-order valence-electron chi connectivity index (χ2n) is 6.67. The lowest BCUT2D eigenvalue weighted by Crippen LogP contribution is -2.38. The lowest BCUT2D eigenvalue weighted by atomic mass is 9.97. The molecule has 2 aromatic rings. The molecule has 1 fully saturated rings. The fourth-order valence-corrected chi connectivity index (χ4v) is 3.33. The minimum absolute atomic E-state index is 0.274. The molecule has 0 unspecified atom stereocenters. The minimum Gasteiger partial charge on any atom is -0.395 e. The summed E-state index contributed by atoms with van der Waals surface area (Å²) in [5, 5.41) is 17.0. The molecule has 1 saturated heterocycles. The van der Waals surface area contributed by atoms with E-state index in [1.54, 1.807) is 0 Å². The summed E-state index contributed by atoms with van der Waals surface area (Å²) in [7, 11) is 0. The fourth-order valence-electron chi connectivity index (χ4n) is 3.33. The molecule has 0 saturated carbocycles. The molecule has 1 aromatic heterocycles. The highest BCUT2D eigenvalue weighted by atomic mass is 16.3. The van der Waals surface area contributed by atoms with Crippen LogP contribution in [0.3, 0.4) is 0 Å². The van der Waals surface area contributed by atoms with Crippen LogP contribution in [0.1, 0.15) is 24.0 Å². The van der Waals surface area contributed by atoms with Crippen molar-refractivity contribution in [2.45, 2.75) is 25.9 Å². The number of piperidine rings is 1. The summed E-state index contributed by atoms with van der Waals surface area (Å²) in [6, 6.07) is 10.4. The van der Waals surface area contributed by atoms with E-state index in [2.05, 4.69) is 45.8 Å². The Morgan fingerprint density at radius 3 is 2.67 bits per heavy atom. The van der Waals surface area contributed by atoms with E-state index in [0.717, 1.165) is 45.2 Å². The van der Waals surface area contributed by atoms with Gasteiger partial charge in [0.15, 0.2) is 0 Å². The van der Waals surface area contributed by atoms with Crippen LogP contribution in [0.15, 0.2) is 42.7 Å². The molecule has 0 amide bonds. The van der Waals surface area contributed by atoms with E-state index >= 15 is 0 Å². The van der Waals surface area contributed by atoms with Crippen LogP contribution in [-0.4, -0.2) is 52.6 Å². The maximum Gasteiger partial charge on any atom is 0.0659 e. The van der Waals surface area contributed by atoms with E-state index in [1.165, 1.54) is 24.0 Å². The van der Waals surface area contributed by atoms with Gasteiger partial charge in [-0.15, -0.1) is 0 Å². The summed E-state index contributed by atoms with van der Waals surface area (Å²) in [5.74, 6) is 0.749. The van der Waals surface area contributed by atoms with Gasteiger partial charge in [-0.1, -0.05) is 30.3 Å². The number of hydrogen-bond donors (Lipinski definition) is 2. The van der Waals surface area contributed by atoms with Gasteiger partial charge >= 0.3 is 0 Å². The maximum absolute atomic E-state index is 8.99. The van der Waals surface area contributed by atoms with Gasteiger partial charge in [-0.25, -0.2) is 0 Å². The Hall–Kier alpha value is -1.69. The second-order valence-corrected chi connectivity index (χ2v) is 6.67. The summed E-state index contributed by atoms with van der Waals surface area (Å²) in [5.41, 5.74) is 2.51. The molecule has 0 aliphatic carbocycles. The molecule has 0 bridgehead atoms. The fraction of sp³-hybridized carbons (Fsp3) is 0.526. The van der Waals surface area contributed by atoms with Gasteiger partial charge in [-0.05, 0) is 44.0 Å². The Labute approximate surface area is 144 Å². The zero-order valence-corrected chi connectivity index (χ0v) is 14.3. The predicted molar refractivity (Wildman–Crippen MR) is 95.7 cm³/mol. The van der Waals surface area contributed by atoms with Crippen LogP contribution in [0.25, 0.3) is 0 Å². The van der Waals surface area contributed by atoms with Crippen LogP contribution in [0.4, 0.5) is 0 Å². The molecule has 0 radical (unpaired) electrons. The summed E-state index contributed by atoms with van der Waals surface area (Å²) < 4.78 is 2.00. The zero-order chi connectivity index (χ0) is 16.6. The monoisotopic (exact) mass is 328 g/mol. The van der Waals surface area contributed by atoms with Crippen LogP contribution >= 0.6 is 0 Å². The van der Waals surface area contributed by atoms with Gasteiger partial charge in [0.2, 0.25) is 0 Å². The van der Waals surface area contributed by atoms with Crippen molar-refractivity contribution in [2.24, 2.45) is 5.92 Å². The zero-order valence-electron chi connectivity index (χ0n) is 14.3. The Bertz CT molecular complexity index is 590. The first-order chi connectivity index (χ1) is 11.8. The topological polar surface area (TPSA) is 53.3 Å². The number of likely N-dealkylation sites (tertiary alicyclic amines) is 1. The Kier molecular flexibility index (Phi) is 6.41. The molecule has 0 spiro atoms. The molecule has 5 heteroatoms. The number of aliphatic hydroxyl groups excluding tert-OH is 1. The van der Waals surface area contributed by atoms with Gasteiger partial charge in [0.1, 0.15) is 0 Å². The molecule has 1 aliphatic heterocycles. The summed E-state index contributed by atoms with van der Waals surface area (Å²) in [4.78, 5) is 2.35. The highest BCUT2D eigenvalue weighted by Gasteiger charge is 2.18. The number of benzene rings is 1. The van der Waals surface area contributed by atoms with Gasteiger partial charge in [-0.2, -0.15) is 5.10 Å². The number of hydrogen-bond acceptors (Lipinski definition) is 4. The normalized spacial score (nSPS) is 16.5. The first kappa shape index (κ1) is 17.1. The molecule has 1 aromatic carbocycles. The van der Waals surface area contributed by atoms with Gasteiger partial charge < -0.3 is 15.3 Å². The summed E-state index contributed by atoms with van der Waals surface area (Å²) in [6.07, 6.45) is 6.53. The van der Waals surface area contributed by atoms with Gasteiger partial charge in [0, 0.05) is 24.8 Å². The lowest BCUT2D eigenvalue weighted by Gasteiger charge is -2.31. The van der Waals surface area contributed by atoms with Gasteiger partial charge in [-0.3, -0.25) is 4.68 Å². The number of aromatic nitrogens is 2. The minimum atomic E-state index is 0.274. The molecule has 5 nitrogen and oxygen atoms in total. The molecule has 3 rings (SSSR count). The van der Waals surface area contributed by atoms with Crippen LogP contribution in [-0.2, 0) is 13.1 Å². The van der Waals surface area contributed by atoms with Crippen molar-refractivity contribution in [2.75, 3.05) is 32.8 Å². The van der Waals surface area contributed by atoms with Crippen molar-refractivity contribution in [1.29, 1.82) is 0 Å². The lowest BCUT2D eigenvalue weighted by molar-refractivity contribution is 0.146. The third-order valence-electron chi connectivity index (χ3n) is 4.76. The number of nitrogens with one attached hydrogen (secondary N) is 1. The Balaban J connectivity index is 1.37. The van der Waals surface area contributed by atoms with Crippen molar-refractivity contribution >= 4 is 0 Å². The third-order valence-corrected chi connectivity index (χ3v) is 4.76. The van der Waals surface area contributed by atoms with E-state index in [0.29, 0.717) is 0 Å². The van der Waals surface area contributed by atoms with Crippen molar-refractivity contribution < 1.29 is 5.11 Å². The van der Waals surface area contributed by atoms with Crippen molar-refractivity contribution in [3.05, 3.63) is 53.9 Å². The van der Waals surface area contributed by atoms with E-state index in [9.17, 15) is 0 Å². The van der Waals surface area contributed by atoms with E-state index in [-0.39, 0.29) is 6.61 Å². The van der Waals surface area contributed by atoms with Crippen LogP contribution in [0.5, 0.6) is 0 Å². The van der Waals surface area contributed by atoms with Gasteiger partial charge in [0.25, 0.3) is 0 Å². The molecular weight excluding hydrogens is 300 g/mol. The third kappa shape index (κ3) is 5.16. The molecule has 0 atom stereocenters. The second kappa shape index (κ2) is 8.97. The van der Waals surface area contributed by atoms with Crippen LogP contribution in [0.2, 0.25) is 0 Å². The SMILES string of the molecule is OCCN1CCC(CNCc2cnn(Cc3ccccc3)c2)CC1. The number of aliphatic hydroxyl groups is 1. The van der Waals surface area contributed by atoms with Crippen LogP contribution in [0, 0.1) is 5.92 Å². The first-order valence-electron chi connectivity index (χ1n) is 8.92. The highest BCUT2D eigenvalue weighted by molar-refractivity contribution is 5.15. The van der Waals surface area contributed by atoms with Crippen LogP contribution < -0.4 is 5.32 Å². The van der Waals surface area contributed by atoms with E-state index < -0.39 is 0 Å². The average Bonchev–Trinajstić information content (AvgIpc) is 3.05. The standard InChI is InChI=1S/C19H28N4O/c24-11-10-22-8-6-17(7-9-22)12-20-13-19-14-21-23(16-19)15-18-4-2-1-3-5-18/h1-5,14,16-17,20,24H,6-13,15H2. The highest BCUT2D eigenvalue weighted by Crippen LogP contribution is 2.16. The molecule has 2 heterocycles. The smallest absolute Gasteiger partial charge is 0.0659 e. The van der Waals surface area contributed by atoms with E-state index in [4.69, 9.17) is 5.11 Å². The maximum atomic E-state index is 8.99. The van der Waals surface area contributed by atoms with Crippen molar-refractivity contribution in [1.82, 2.24) is 20.0 Å². The predicted octanol–water partition coefficient (Wildman–Crippen LogP) is 1.73. The Morgan fingerprint density at radius 2 is 1.92 bits per heavy atom. The quantitative estimate of drug-likeness (QED) is 0.775. The summed E-state index contributed by atoms with van der Waals surface area (Å²) in [6.45, 7) is 6.09. The molecule has 24 heavy (non-hydrogen) atoms. The van der Waals surface area contributed by atoms with Gasteiger partial charge in [0.05, 0.1) is 19.3 Å². The number of β-amino-alcohol motifs (C(OH)–C–C–N with tert-alkyl or cyclic N) is 1. The number of rotatable bonds is 8.